The molecule has 39 heavy (non-hydrogen) atoms. The number of benzene rings is 1. The Bertz CT molecular complexity index is 984. The summed E-state index contributed by atoms with van der Waals surface area (Å²) in [6, 6.07) is 7.73. The summed E-state index contributed by atoms with van der Waals surface area (Å²) in [6.07, 6.45) is 1.33. The van der Waals surface area contributed by atoms with E-state index >= 15 is 0 Å². The zero-order valence-corrected chi connectivity index (χ0v) is 22.9. The van der Waals surface area contributed by atoms with Gasteiger partial charge in [0.1, 0.15) is 0 Å². The van der Waals surface area contributed by atoms with Gasteiger partial charge in [-0.3, -0.25) is 28.8 Å². The number of ketones is 2. The van der Waals surface area contributed by atoms with Crippen LogP contribution < -0.4 is 27.8 Å². The minimum Gasteiger partial charge on any atom is -0.370 e. The Morgan fingerprint density at radius 1 is 0.795 bits per heavy atom. The first kappa shape index (κ1) is 33.4. The number of carbonyl (C=O) groups excluding carboxylic acids is 6. The van der Waals surface area contributed by atoms with Crippen LogP contribution in [0, 0.1) is 11.8 Å². The van der Waals surface area contributed by atoms with Crippen LogP contribution in [0.4, 0.5) is 0 Å². The fraction of sp³-hybridized carbons (Fsp3) is 0.571. The van der Waals surface area contributed by atoms with E-state index in [1.807, 2.05) is 37.3 Å². The molecule has 0 spiro atoms. The summed E-state index contributed by atoms with van der Waals surface area (Å²) in [5, 5.41) is 5.42. The van der Waals surface area contributed by atoms with Crippen molar-refractivity contribution in [3.05, 3.63) is 35.9 Å². The fourth-order valence-corrected chi connectivity index (χ4v) is 4.23. The fourth-order valence-electron chi connectivity index (χ4n) is 4.23. The second-order valence-electron chi connectivity index (χ2n) is 9.84. The molecule has 0 fully saturated rings. The molecule has 0 aliphatic carbocycles. The number of hydrogen-bond acceptors (Lipinski definition) is 7. The van der Waals surface area contributed by atoms with Gasteiger partial charge in [0, 0.05) is 31.1 Å². The maximum absolute atomic E-state index is 13.4. The lowest BCUT2D eigenvalue weighted by molar-refractivity contribution is -0.134. The Kier molecular flexibility index (Phi) is 15.3. The van der Waals surface area contributed by atoms with Gasteiger partial charge in [0.2, 0.25) is 23.6 Å². The summed E-state index contributed by atoms with van der Waals surface area (Å²) in [4.78, 5) is 74.2. The summed E-state index contributed by atoms with van der Waals surface area (Å²) < 4.78 is 0. The van der Waals surface area contributed by atoms with Crippen molar-refractivity contribution in [3.63, 3.8) is 0 Å². The molecule has 0 saturated carbocycles. The predicted octanol–water partition coefficient (Wildman–Crippen LogP) is 0.659. The molecule has 4 amide bonds. The average molecular weight is 546 g/mol. The van der Waals surface area contributed by atoms with Crippen molar-refractivity contribution in [1.82, 2.24) is 10.6 Å². The van der Waals surface area contributed by atoms with Crippen molar-refractivity contribution in [2.45, 2.75) is 83.7 Å². The quantitative estimate of drug-likeness (QED) is 0.158. The van der Waals surface area contributed by atoms with E-state index in [0.717, 1.165) is 5.56 Å². The first-order valence-electron chi connectivity index (χ1n) is 13.4. The van der Waals surface area contributed by atoms with E-state index in [4.69, 9.17) is 17.2 Å². The van der Waals surface area contributed by atoms with Gasteiger partial charge in [-0.25, -0.2) is 0 Å². The van der Waals surface area contributed by atoms with Gasteiger partial charge < -0.3 is 27.8 Å². The van der Waals surface area contributed by atoms with Crippen LogP contribution in [0.2, 0.25) is 0 Å². The average Bonchev–Trinajstić information content (AvgIpc) is 2.89. The highest BCUT2D eigenvalue weighted by atomic mass is 16.2. The number of rotatable bonds is 20. The molecule has 1 aromatic carbocycles. The van der Waals surface area contributed by atoms with Crippen LogP contribution in [0.25, 0.3) is 0 Å². The Morgan fingerprint density at radius 3 is 1.90 bits per heavy atom. The maximum atomic E-state index is 13.4. The smallest absolute Gasteiger partial charge is 0.224 e. The van der Waals surface area contributed by atoms with Gasteiger partial charge in [-0.2, -0.15) is 0 Å². The molecule has 4 atom stereocenters. The lowest BCUT2D eigenvalue weighted by Crippen LogP contribution is -2.47. The minimum atomic E-state index is -0.969. The first-order valence-corrected chi connectivity index (χ1v) is 13.4. The van der Waals surface area contributed by atoms with E-state index in [9.17, 15) is 28.8 Å². The number of nitrogens with one attached hydrogen (secondary N) is 2. The van der Waals surface area contributed by atoms with Crippen LogP contribution in [0.1, 0.15) is 70.8 Å². The van der Waals surface area contributed by atoms with Gasteiger partial charge in [-0.05, 0) is 57.6 Å². The maximum Gasteiger partial charge on any atom is 0.224 e. The van der Waals surface area contributed by atoms with Gasteiger partial charge in [0.05, 0.1) is 12.1 Å². The summed E-state index contributed by atoms with van der Waals surface area (Å²) in [6.45, 7) is 3.48. The van der Waals surface area contributed by atoms with Gasteiger partial charge in [-0.15, -0.1) is 0 Å². The molecule has 0 aliphatic heterocycles. The Labute approximate surface area is 230 Å². The van der Waals surface area contributed by atoms with Gasteiger partial charge >= 0.3 is 0 Å². The molecule has 0 aromatic heterocycles. The molecule has 1 aromatic rings. The Balaban J connectivity index is 3.02. The molecule has 11 nitrogen and oxygen atoms in total. The van der Waals surface area contributed by atoms with Crippen LogP contribution >= 0.6 is 0 Å². The van der Waals surface area contributed by atoms with Crippen molar-refractivity contribution in [1.29, 1.82) is 0 Å². The normalized spacial score (nSPS) is 13.9. The van der Waals surface area contributed by atoms with Crippen LogP contribution in [0.15, 0.2) is 30.3 Å². The first-order chi connectivity index (χ1) is 18.5. The molecular weight excluding hydrogens is 502 g/mol. The second-order valence-corrected chi connectivity index (χ2v) is 9.84. The number of carbonyl (C=O) groups is 6. The largest absolute Gasteiger partial charge is 0.370 e. The van der Waals surface area contributed by atoms with Crippen molar-refractivity contribution in [3.8, 4) is 0 Å². The van der Waals surface area contributed by atoms with Crippen LogP contribution in [0.3, 0.4) is 0 Å². The Morgan fingerprint density at radius 2 is 1.36 bits per heavy atom. The van der Waals surface area contributed by atoms with Gasteiger partial charge in [0.25, 0.3) is 0 Å². The molecule has 0 bridgehead atoms. The third-order valence-electron chi connectivity index (χ3n) is 6.63. The minimum absolute atomic E-state index is 0.0158. The van der Waals surface area contributed by atoms with Crippen LogP contribution in [-0.4, -0.2) is 53.8 Å². The lowest BCUT2D eigenvalue weighted by atomic mass is 9.90. The molecule has 8 N–H and O–H groups in total. The van der Waals surface area contributed by atoms with Crippen LogP contribution in [-0.2, 0) is 35.2 Å². The van der Waals surface area contributed by atoms with E-state index in [2.05, 4.69) is 10.6 Å². The second kappa shape index (κ2) is 17.8. The Hall–Kier alpha value is -3.60. The van der Waals surface area contributed by atoms with Crippen molar-refractivity contribution in [2.24, 2.45) is 29.0 Å². The molecule has 0 unspecified atom stereocenters. The third kappa shape index (κ3) is 13.2. The van der Waals surface area contributed by atoms with Gasteiger partial charge in [-0.1, -0.05) is 37.3 Å². The molecule has 0 radical (unpaired) electrons. The highest BCUT2D eigenvalue weighted by Crippen LogP contribution is 2.18. The van der Waals surface area contributed by atoms with Crippen LogP contribution in [0.5, 0.6) is 0 Å². The highest BCUT2D eigenvalue weighted by molar-refractivity contribution is 5.94. The molecule has 216 valence electrons. The zero-order chi connectivity index (χ0) is 29.4. The zero-order valence-electron chi connectivity index (χ0n) is 22.9. The van der Waals surface area contributed by atoms with Gasteiger partial charge in [0.15, 0.2) is 11.6 Å². The third-order valence-corrected chi connectivity index (χ3v) is 6.63. The monoisotopic (exact) mass is 545 g/mol. The molecule has 11 heteroatoms. The number of hydrogen-bond donors (Lipinski definition) is 5. The number of amides is 4. The molecule has 0 heterocycles. The molecule has 0 aliphatic rings. The van der Waals surface area contributed by atoms with Crippen molar-refractivity contribution >= 4 is 35.2 Å². The summed E-state index contributed by atoms with van der Waals surface area (Å²) >= 11 is 0. The molecule has 0 saturated heterocycles. The topological polar surface area (TPSA) is 205 Å². The summed E-state index contributed by atoms with van der Waals surface area (Å²) in [5.74, 6) is -4.22. The summed E-state index contributed by atoms with van der Waals surface area (Å²) in [7, 11) is 0. The molecular formula is C28H43N5O6. The number of Topliss-reactive ketones (excluding diaryl/α,β-unsaturated/α-hetero) is 2. The van der Waals surface area contributed by atoms with E-state index in [-0.39, 0.29) is 55.5 Å². The van der Waals surface area contributed by atoms with Crippen molar-refractivity contribution < 1.29 is 28.8 Å². The SMILES string of the molecule is CC[C@@H](Cc1ccccc1)C(=O)N[C@@H](CCCN)C(=O)C[C@@H](CCC(N)=O)C(=O)N[C@@H](CCC(N)=O)C(C)=O. The van der Waals surface area contributed by atoms with E-state index in [1.54, 1.807) is 0 Å². The number of nitrogens with two attached hydrogens (primary N) is 3. The summed E-state index contributed by atoms with van der Waals surface area (Å²) in [5.41, 5.74) is 17.1. The number of primary amides is 2. The van der Waals surface area contributed by atoms with Crippen molar-refractivity contribution in [2.75, 3.05) is 6.54 Å². The predicted molar refractivity (Wildman–Crippen MR) is 147 cm³/mol. The van der Waals surface area contributed by atoms with E-state index in [0.29, 0.717) is 32.2 Å². The standard InChI is InChI=1S/C28H43N5O6/c1-3-20(16-19-8-5-4-6-9-19)27(38)33-23(10-7-15-29)24(35)17-21(11-13-25(30)36)28(39)32-22(18(2)34)12-14-26(31)37/h4-6,8-9,20-23H,3,7,10-17,29H2,1-2H3,(H2,30,36)(H2,31,37)(H,32,39)(H,33,38)/t20-,21+,22-,23-/m0/s1. The highest BCUT2D eigenvalue weighted by Gasteiger charge is 2.30. The van der Waals surface area contributed by atoms with E-state index < -0.39 is 35.7 Å². The van der Waals surface area contributed by atoms with E-state index in [1.165, 1.54) is 6.92 Å². The molecule has 1 rings (SSSR count). The lowest BCUT2D eigenvalue weighted by Gasteiger charge is -2.24.